The largest absolute Gasteiger partial charge is 0.335 e. The number of carbonyl (C=O) groups is 2. The molecule has 0 radical (unpaired) electrons. The number of hydrogen-bond acceptors (Lipinski definition) is 5. The summed E-state index contributed by atoms with van der Waals surface area (Å²) in [6, 6.07) is 9.69. The maximum atomic E-state index is 12.6. The Labute approximate surface area is 150 Å². The molecule has 1 aliphatic rings. The van der Waals surface area contributed by atoms with Crippen LogP contribution in [0.2, 0.25) is 0 Å². The van der Waals surface area contributed by atoms with Gasteiger partial charge in [0.1, 0.15) is 0 Å². The Bertz CT molecular complexity index is 883. The van der Waals surface area contributed by atoms with E-state index in [1.165, 1.54) is 23.5 Å². The summed E-state index contributed by atoms with van der Waals surface area (Å²) < 4.78 is 23.3. The summed E-state index contributed by atoms with van der Waals surface area (Å²) in [6.07, 6.45) is 1.12. The van der Waals surface area contributed by atoms with Gasteiger partial charge in [0.05, 0.1) is 9.77 Å². The summed E-state index contributed by atoms with van der Waals surface area (Å²) in [5, 5.41) is 1.86. The molecule has 0 atom stereocenters. The summed E-state index contributed by atoms with van der Waals surface area (Å²) in [4.78, 5) is 29.2. The van der Waals surface area contributed by atoms with Crippen molar-refractivity contribution >= 4 is 33.0 Å². The molecule has 0 saturated carbocycles. The molecule has 0 N–H and O–H groups in total. The van der Waals surface area contributed by atoms with Crippen molar-refractivity contribution in [2.75, 3.05) is 32.4 Å². The summed E-state index contributed by atoms with van der Waals surface area (Å²) in [7, 11) is -3.36. The van der Waals surface area contributed by atoms with Crippen molar-refractivity contribution in [3.8, 4) is 0 Å². The van der Waals surface area contributed by atoms with Gasteiger partial charge >= 0.3 is 0 Å². The molecule has 132 valence electrons. The van der Waals surface area contributed by atoms with Crippen LogP contribution in [-0.2, 0) is 9.84 Å². The molecule has 1 aliphatic heterocycles. The highest BCUT2D eigenvalue weighted by Gasteiger charge is 2.26. The lowest BCUT2D eigenvalue weighted by Crippen LogP contribution is -2.50. The van der Waals surface area contributed by atoms with Crippen molar-refractivity contribution in [3.05, 3.63) is 52.2 Å². The molecule has 1 aromatic carbocycles. The lowest BCUT2D eigenvalue weighted by molar-refractivity contribution is 0.0538. The molecule has 3 rings (SSSR count). The van der Waals surface area contributed by atoms with E-state index in [0.29, 0.717) is 36.6 Å². The van der Waals surface area contributed by atoms with Crippen LogP contribution < -0.4 is 0 Å². The van der Waals surface area contributed by atoms with Crippen LogP contribution in [0.25, 0.3) is 0 Å². The van der Waals surface area contributed by atoms with Gasteiger partial charge in [0.15, 0.2) is 9.84 Å². The van der Waals surface area contributed by atoms with E-state index in [1.807, 2.05) is 11.4 Å². The van der Waals surface area contributed by atoms with E-state index in [4.69, 9.17) is 0 Å². The number of piperazine rings is 1. The number of amides is 2. The maximum absolute atomic E-state index is 12.6. The second kappa shape index (κ2) is 6.97. The average Bonchev–Trinajstić information content (AvgIpc) is 3.15. The molecular weight excluding hydrogens is 360 g/mol. The standard InChI is InChI=1S/C17H18N2O4S2/c1-25(22,23)14-5-2-4-13(12-14)16(20)18-7-9-19(10-8-18)17(21)15-6-3-11-24-15/h2-6,11-12H,7-10H2,1H3. The fourth-order valence-corrected chi connectivity index (χ4v) is 4.07. The molecule has 0 aliphatic carbocycles. The molecule has 25 heavy (non-hydrogen) atoms. The van der Waals surface area contributed by atoms with E-state index < -0.39 is 9.84 Å². The van der Waals surface area contributed by atoms with Gasteiger partial charge in [-0.2, -0.15) is 0 Å². The second-order valence-corrected chi connectivity index (χ2v) is 8.83. The monoisotopic (exact) mass is 378 g/mol. The van der Waals surface area contributed by atoms with Crippen molar-refractivity contribution in [2.45, 2.75) is 4.90 Å². The predicted octanol–water partition coefficient (Wildman–Crippen LogP) is 1.75. The Hall–Kier alpha value is -2.19. The third-order valence-electron chi connectivity index (χ3n) is 4.10. The first-order valence-electron chi connectivity index (χ1n) is 7.78. The first kappa shape index (κ1) is 17.6. The van der Waals surface area contributed by atoms with Crippen molar-refractivity contribution in [1.29, 1.82) is 0 Å². The third kappa shape index (κ3) is 3.91. The zero-order valence-corrected chi connectivity index (χ0v) is 15.3. The van der Waals surface area contributed by atoms with Crippen LogP contribution >= 0.6 is 11.3 Å². The van der Waals surface area contributed by atoms with Crippen LogP contribution in [-0.4, -0.2) is 62.5 Å². The van der Waals surface area contributed by atoms with E-state index in [0.717, 1.165) is 6.26 Å². The molecule has 1 fully saturated rings. The highest BCUT2D eigenvalue weighted by molar-refractivity contribution is 7.90. The normalized spacial score (nSPS) is 15.2. The van der Waals surface area contributed by atoms with Crippen LogP contribution in [0.3, 0.4) is 0 Å². The summed E-state index contributed by atoms with van der Waals surface area (Å²) in [5.74, 6) is -0.227. The van der Waals surface area contributed by atoms with E-state index >= 15 is 0 Å². The third-order valence-corrected chi connectivity index (χ3v) is 6.06. The quantitative estimate of drug-likeness (QED) is 0.816. The van der Waals surface area contributed by atoms with Gasteiger partial charge in [0, 0.05) is 38.0 Å². The predicted molar refractivity (Wildman–Crippen MR) is 95.7 cm³/mol. The van der Waals surface area contributed by atoms with Crippen molar-refractivity contribution < 1.29 is 18.0 Å². The minimum atomic E-state index is -3.36. The molecule has 0 unspecified atom stereocenters. The molecule has 0 spiro atoms. The number of nitrogens with zero attached hydrogens (tertiary/aromatic N) is 2. The van der Waals surface area contributed by atoms with E-state index in [2.05, 4.69) is 0 Å². The molecule has 6 nitrogen and oxygen atoms in total. The molecular formula is C17H18N2O4S2. The maximum Gasteiger partial charge on any atom is 0.264 e. The van der Waals surface area contributed by atoms with Crippen LogP contribution in [0.5, 0.6) is 0 Å². The van der Waals surface area contributed by atoms with Crippen molar-refractivity contribution in [1.82, 2.24) is 9.80 Å². The van der Waals surface area contributed by atoms with E-state index in [1.54, 1.807) is 28.0 Å². The van der Waals surface area contributed by atoms with Gasteiger partial charge in [-0.15, -0.1) is 11.3 Å². The lowest BCUT2D eigenvalue weighted by Gasteiger charge is -2.34. The fourth-order valence-electron chi connectivity index (χ4n) is 2.71. The Morgan fingerprint density at radius 2 is 1.60 bits per heavy atom. The number of rotatable bonds is 3. The van der Waals surface area contributed by atoms with Crippen LogP contribution in [0, 0.1) is 0 Å². The zero-order valence-electron chi connectivity index (χ0n) is 13.7. The number of hydrogen-bond donors (Lipinski definition) is 0. The molecule has 2 aromatic rings. The number of carbonyl (C=O) groups excluding carboxylic acids is 2. The molecule has 2 heterocycles. The highest BCUT2D eigenvalue weighted by Crippen LogP contribution is 2.17. The van der Waals surface area contributed by atoms with Gasteiger partial charge in [-0.25, -0.2) is 8.42 Å². The van der Waals surface area contributed by atoms with E-state index in [9.17, 15) is 18.0 Å². The lowest BCUT2D eigenvalue weighted by atomic mass is 10.2. The Kier molecular flexibility index (Phi) is 4.91. The zero-order chi connectivity index (χ0) is 18.0. The Morgan fingerprint density at radius 3 is 2.16 bits per heavy atom. The van der Waals surface area contributed by atoms with Gasteiger partial charge in [0.2, 0.25) is 0 Å². The van der Waals surface area contributed by atoms with Crippen LogP contribution in [0.4, 0.5) is 0 Å². The first-order chi connectivity index (χ1) is 11.9. The molecule has 0 bridgehead atoms. The van der Waals surface area contributed by atoms with Gasteiger partial charge < -0.3 is 9.80 Å². The highest BCUT2D eigenvalue weighted by atomic mass is 32.2. The summed E-state index contributed by atoms with van der Waals surface area (Å²) in [6.45, 7) is 1.79. The fraction of sp³-hybridized carbons (Fsp3) is 0.294. The molecule has 8 heteroatoms. The van der Waals surface area contributed by atoms with Gasteiger partial charge in [-0.05, 0) is 29.6 Å². The number of sulfone groups is 1. The smallest absolute Gasteiger partial charge is 0.264 e. The number of thiophene rings is 1. The van der Waals surface area contributed by atoms with E-state index in [-0.39, 0.29) is 16.7 Å². The Morgan fingerprint density at radius 1 is 0.960 bits per heavy atom. The SMILES string of the molecule is CS(=O)(=O)c1cccc(C(=O)N2CCN(C(=O)c3cccs3)CC2)c1. The summed E-state index contributed by atoms with van der Waals surface area (Å²) >= 11 is 1.40. The van der Waals surface area contributed by atoms with Gasteiger partial charge in [-0.3, -0.25) is 9.59 Å². The van der Waals surface area contributed by atoms with Crippen molar-refractivity contribution in [3.63, 3.8) is 0 Å². The minimum Gasteiger partial charge on any atom is -0.335 e. The average molecular weight is 378 g/mol. The Balaban J connectivity index is 1.67. The molecule has 1 aromatic heterocycles. The minimum absolute atomic E-state index is 0.0128. The molecule has 2 amide bonds. The summed E-state index contributed by atoms with van der Waals surface area (Å²) in [5.41, 5.74) is 0.348. The van der Waals surface area contributed by atoms with Crippen LogP contribution in [0.15, 0.2) is 46.7 Å². The first-order valence-corrected chi connectivity index (χ1v) is 10.6. The van der Waals surface area contributed by atoms with Crippen molar-refractivity contribution in [2.24, 2.45) is 0 Å². The van der Waals surface area contributed by atoms with Crippen LogP contribution in [0.1, 0.15) is 20.0 Å². The molecule has 1 saturated heterocycles. The van der Waals surface area contributed by atoms with Gasteiger partial charge in [-0.1, -0.05) is 12.1 Å². The second-order valence-electron chi connectivity index (χ2n) is 5.86. The number of benzene rings is 1. The topological polar surface area (TPSA) is 74.8 Å². The van der Waals surface area contributed by atoms with Gasteiger partial charge in [0.25, 0.3) is 11.8 Å².